The van der Waals surface area contributed by atoms with E-state index in [-0.39, 0.29) is 5.56 Å². The molecule has 2 nitrogen and oxygen atoms in total. The normalized spacial score (nSPS) is 11.5. The molecule has 0 radical (unpaired) electrons. The molecule has 2 heterocycles. The average Bonchev–Trinajstić information content (AvgIpc) is 2.89. The lowest BCUT2D eigenvalue weighted by Gasteiger charge is -2.13. The SMILES string of the molecule is FC(F)(F)c1ccccc1-c1scc(Br)c1Oc1cccnc1. The summed E-state index contributed by atoms with van der Waals surface area (Å²) in [5, 5.41) is 1.70. The number of hydrogen-bond donors (Lipinski definition) is 0. The molecule has 3 aromatic rings. The minimum absolute atomic E-state index is 0.0922. The van der Waals surface area contributed by atoms with Crippen molar-refractivity contribution in [2.45, 2.75) is 6.18 Å². The van der Waals surface area contributed by atoms with Crippen molar-refractivity contribution in [3.05, 3.63) is 64.2 Å². The first-order valence-electron chi connectivity index (χ1n) is 6.48. The molecule has 2 aromatic heterocycles. The van der Waals surface area contributed by atoms with E-state index in [4.69, 9.17) is 4.74 Å². The predicted molar refractivity (Wildman–Crippen MR) is 86.8 cm³/mol. The van der Waals surface area contributed by atoms with Gasteiger partial charge in [-0.3, -0.25) is 4.98 Å². The van der Waals surface area contributed by atoms with Crippen LogP contribution >= 0.6 is 27.3 Å². The van der Waals surface area contributed by atoms with E-state index in [9.17, 15) is 13.2 Å². The van der Waals surface area contributed by atoms with Gasteiger partial charge in [0.1, 0.15) is 5.75 Å². The molecule has 0 N–H and O–H groups in total. The quantitative estimate of drug-likeness (QED) is 0.509. The van der Waals surface area contributed by atoms with Gasteiger partial charge in [0.15, 0.2) is 5.75 Å². The second-order valence-corrected chi connectivity index (χ2v) is 6.31. The number of benzene rings is 1. The summed E-state index contributed by atoms with van der Waals surface area (Å²) in [6, 6.07) is 8.84. The van der Waals surface area contributed by atoms with Crippen molar-refractivity contribution < 1.29 is 17.9 Å². The topological polar surface area (TPSA) is 22.1 Å². The second-order valence-electron chi connectivity index (χ2n) is 4.58. The second kappa shape index (κ2) is 6.33. The van der Waals surface area contributed by atoms with Gasteiger partial charge < -0.3 is 4.74 Å². The van der Waals surface area contributed by atoms with Gasteiger partial charge in [0.05, 0.1) is 21.1 Å². The monoisotopic (exact) mass is 399 g/mol. The number of thiophene rings is 1. The van der Waals surface area contributed by atoms with Crippen LogP contribution in [0.4, 0.5) is 13.2 Å². The lowest BCUT2D eigenvalue weighted by Crippen LogP contribution is -2.06. The van der Waals surface area contributed by atoms with Crippen LogP contribution < -0.4 is 4.74 Å². The Morgan fingerprint density at radius 2 is 1.87 bits per heavy atom. The van der Waals surface area contributed by atoms with E-state index in [0.717, 1.165) is 6.07 Å². The zero-order valence-electron chi connectivity index (χ0n) is 11.5. The minimum atomic E-state index is -4.43. The number of aromatic nitrogens is 1. The van der Waals surface area contributed by atoms with Crippen LogP contribution in [0.3, 0.4) is 0 Å². The Bertz CT molecular complexity index is 818. The van der Waals surface area contributed by atoms with Crippen LogP contribution in [0.2, 0.25) is 0 Å². The van der Waals surface area contributed by atoms with Crippen molar-refractivity contribution in [1.29, 1.82) is 0 Å². The molecule has 0 bridgehead atoms. The molecule has 0 spiro atoms. The summed E-state index contributed by atoms with van der Waals surface area (Å²) >= 11 is 4.52. The molecule has 1 aromatic carbocycles. The summed E-state index contributed by atoms with van der Waals surface area (Å²) in [6.45, 7) is 0. The highest BCUT2D eigenvalue weighted by Gasteiger charge is 2.34. The van der Waals surface area contributed by atoms with Crippen LogP contribution in [0.25, 0.3) is 10.4 Å². The summed E-state index contributed by atoms with van der Waals surface area (Å²) < 4.78 is 46.1. The fraction of sp³-hybridized carbons (Fsp3) is 0.0625. The Hall–Kier alpha value is -1.86. The first-order chi connectivity index (χ1) is 11.0. The lowest BCUT2D eigenvalue weighted by atomic mass is 10.1. The minimum Gasteiger partial charge on any atom is -0.453 e. The number of alkyl halides is 3. The highest BCUT2D eigenvalue weighted by Crippen LogP contribution is 2.47. The van der Waals surface area contributed by atoms with Crippen LogP contribution in [-0.2, 0) is 6.18 Å². The molecule has 0 saturated heterocycles. The van der Waals surface area contributed by atoms with Gasteiger partial charge in [0.25, 0.3) is 0 Å². The van der Waals surface area contributed by atoms with Crippen molar-refractivity contribution in [2.24, 2.45) is 0 Å². The maximum absolute atomic E-state index is 13.2. The van der Waals surface area contributed by atoms with Gasteiger partial charge in [0, 0.05) is 17.1 Å². The molecule has 7 heteroatoms. The molecular weight excluding hydrogens is 391 g/mol. The number of halogens is 4. The third-order valence-electron chi connectivity index (χ3n) is 3.03. The van der Waals surface area contributed by atoms with Crippen molar-refractivity contribution >= 4 is 27.3 Å². The van der Waals surface area contributed by atoms with Crippen LogP contribution in [0.1, 0.15) is 5.56 Å². The van der Waals surface area contributed by atoms with Gasteiger partial charge in [0.2, 0.25) is 0 Å². The molecule has 0 aliphatic carbocycles. The maximum Gasteiger partial charge on any atom is 0.417 e. The van der Waals surface area contributed by atoms with E-state index in [1.165, 1.54) is 29.7 Å². The van der Waals surface area contributed by atoms with Gasteiger partial charge in [-0.05, 0) is 34.1 Å². The lowest BCUT2D eigenvalue weighted by molar-refractivity contribution is -0.137. The van der Waals surface area contributed by atoms with Crippen molar-refractivity contribution in [1.82, 2.24) is 4.98 Å². The Kier molecular flexibility index (Phi) is 4.41. The van der Waals surface area contributed by atoms with E-state index < -0.39 is 11.7 Å². The van der Waals surface area contributed by atoms with Gasteiger partial charge in [-0.1, -0.05) is 18.2 Å². The molecule has 118 valence electrons. The molecule has 23 heavy (non-hydrogen) atoms. The zero-order valence-corrected chi connectivity index (χ0v) is 13.9. The molecule has 0 amide bonds. The maximum atomic E-state index is 13.2. The summed E-state index contributed by atoms with van der Waals surface area (Å²) in [7, 11) is 0. The molecule has 0 fully saturated rings. The highest BCUT2D eigenvalue weighted by atomic mass is 79.9. The summed E-state index contributed by atoms with van der Waals surface area (Å²) in [5.41, 5.74) is -0.597. The van der Waals surface area contributed by atoms with E-state index in [1.54, 1.807) is 29.8 Å². The number of ether oxygens (including phenoxy) is 1. The molecule has 0 aliphatic heterocycles. The Morgan fingerprint density at radius 3 is 2.57 bits per heavy atom. The first-order valence-corrected chi connectivity index (χ1v) is 8.15. The van der Waals surface area contributed by atoms with E-state index in [1.807, 2.05) is 0 Å². The van der Waals surface area contributed by atoms with Crippen LogP contribution in [0.15, 0.2) is 58.6 Å². The number of pyridine rings is 1. The zero-order chi connectivity index (χ0) is 16.4. The molecule has 0 aliphatic rings. The first kappa shape index (κ1) is 16.0. The van der Waals surface area contributed by atoms with E-state index >= 15 is 0 Å². The molecular formula is C16H9BrF3NOS. The summed E-state index contributed by atoms with van der Waals surface area (Å²) in [5.74, 6) is 0.803. The Morgan fingerprint density at radius 1 is 1.09 bits per heavy atom. The predicted octanol–water partition coefficient (Wildman–Crippen LogP) is 6.38. The Labute approximate surface area is 142 Å². The largest absolute Gasteiger partial charge is 0.453 e. The summed E-state index contributed by atoms with van der Waals surface area (Å²) in [4.78, 5) is 4.35. The fourth-order valence-corrected chi connectivity index (χ4v) is 3.64. The van der Waals surface area contributed by atoms with Gasteiger partial charge in [-0.15, -0.1) is 11.3 Å². The van der Waals surface area contributed by atoms with Gasteiger partial charge >= 0.3 is 6.18 Å². The van der Waals surface area contributed by atoms with Crippen molar-refractivity contribution in [3.8, 4) is 21.9 Å². The molecule has 0 unspecified atom stereocenters. The Balaban J connectivity index is 2.09. The van der Waals surface area contributed by atoms with Gasteiger partial charge in [-0.2, -0.15) is 13.2 Å². The third kappa shape index (κ3) is 3.40. The molecule has 0 saturated carbocycles. The molecule has 3 rings (SSSR count). The smallest absolute Gasteiger partial charge is 0.417 e. The third-order valence-corrected chi connectivity index (χ3v) is 4.92. The van der Waals surface area contributed by atoms with Gasteiger partial charge in [-0.25, -0.2) is 0 Å². The van der Waals surface area contributed by atoms with Crippen LogP contribution in [-0.4, -0.2) is 4.98 Å². The standard InChI is InChI=1S/C16H9BrF3NOS/c17-13-9-23-15(14(13)22-10-4-3-7-21-8-10)11-5-1-2-6-12(11)16(18,19)20/h1-9H. The van der Waals surface area contributed by atoms with Crippen molar-refractivity contribution in [2.75, 3.05) is 0 Å². The van der Waals surface area contributed by atoms with Crippen LogP contribution in [0.5, 0.6) is 11.5 Å². The highest BCUT2D eigenvalue weighted by molar-refractivity contribution is 9.10. The fourth-order valence-electron chi connectivity index (χ4n) is 2.06. The van der Waals surface area contributed by atoms with Crippen LogP contribution in [0, 0.1) is 0 Å². The number of nitrogens with zero attached hydrogens (tertiary/aromatic N) is 1. The van der Waals surface area contributed by atoms with E-state index in [2.05, 4.69) is 20.9 Å². The summed E-state index contributed by atoms with van der Waals surface area (Å²) in [6.07, 6.45) is -1.34. The molecule has 0 atom stereocenters. The average molecular weight is 400 g/mol. The number of hydrogen-bond acceptors (Lipinski definition) is 3. The number of rotatable bonds is 3. The van der Waals surface area contributed by atoms with Crippen molar-refractivity contribution in [3.63, 3.8) is 0 Å². The van der Waals surface area contributed by atoms with E-state index in [0.29, 0.717) is 20.8 Å².